The summed E-state index contributed by atoms with van der Waals surface area (Å²) in [4.78, 5) is 21.2. The van der Waals surface area contributed by atoms with Crippen LogP contribution in [-0.2, 0) is 4.74 Å². The van der Waals surface area contributed by atoms with Crippen LogP contribution in [0.2, 0.25) is 0 Å². The van der Waals surface area contributed by atoms with Crippen molar-refractivity contribution in [2.24, 2.45) is 0 Å². The highest BCUT2D eigenvalue weighted by Gasteiger charge is 2.33. The maximum absolute atomic E-state index is 11.7. The molecule has 1 aromatic rings. The maximum Gasteiger partial charge on any atom is 0.410 e. The van der Waals surface area contributed by atoms with Crippen LogP contribution in [0.1, 0.15) is 26.6 Å². The SMILES string of the molecule is CC(C)(C)OC(=O)N1CC(Nc2ccnc(C#N)n2)C1. The molecule has 0 aliphatic carbocycles. The summed E-state index contributed by atoms with van der Waals surface area (Å²) in [5, 5.41) is 11.9. The number of nitrogens with one attached hydrogen (secondary N) is 1. The summed E-state index contributed by atoms with van der Waals surface area (Å²) in [5.74, 6) is 0.712. The Kier molecular flexibility index (Phi) is 3.74. The minimum Gasteiger partial charge on any atom is -0.444 e. The number of carbonyl (C=O) groups excluding carboxylic acids is 1. The van der Waals surface area contributed by atoms with E-state index in [-0.39, 0.29) is 18.0 Å². The van der Waals surface area contributed by atoms with E-state index >= 15 is 0 Å². The first-order valence-electron chi connectivity index (χ1n) is 6.35. The van der Waals surface area contributed by atoms with Crippen molar-refractivity contribution >= 4 is 11.9 Å². The van der Waals surface area contributed by atoms with Crippen LogP contribution in [0.4, 0.5) is 10.6 Å². The molecule has 1 N–H and O–H groups in total. The topological polar surface area (TPSA) is 91.1 Å². The zero-order chi connectivity index (χ0) is 14.8. The summed E-state index contributed by atoms with van der Waals surface area (Å²) < 4.78 is 5.27. The molecule has 1 fully saturated rings. The molecule has 20 heavy (non-hydrogen) atoms. The van der Waals surface area contributed by atoms with E-state index in [0.717, 1.165) is 0 Å². The number of hydrogen-bond donors (Lipinski definition) is 1. The molecule has 0 aromatic carbocycles. The van der Waals surface area contributed by atoms with Gasteiger partial charge in [0.2, 0.25) is 5.82 Å². The minimum atomic E-state index is -0.482. The molecule has 2 rings (SSSR count). The van der Waals surface area contributed by atoms with Gasteiger partial charge in [0.15, 0.2) is 0 Å². The quantitative estimate of drug-likeness (QED) is 0.876. The molecule has 0 saturated carbocycles. The number of nitrogens with zero attached hydrogens (tertiary/aromatic N) is 4. The van der Waals surface area contributed by atoms with Crippen molar-refractivity contribution in [1.82, 2.24) is 14.9 Å². The predicted octanol–water partition coefficient (Wildman–Crippen LogP) is 1.38. The highest BCUT2D eigenvalue weighted by Crippen LogP contribution is 2.17. The van der Waals surface area contributed by atoms with E-state index in [9.17, 15) is 4.79 Å². The average Bonchev–Trinajstić information content (AvgIpc) is 2.31. The van der Waals surface area contributed by atoms with Crippen LogP contribution in [0.25, 0.3) is 0 Å². The first-order valence-corrected chi connectivity index (χ1v) is 6.35. The van der Waals surface area contributed by atoms with Crippen LogP contribution < -0.4 is 5.32 Å². The predicted molar refractivity (Wildman–Crippen MR) is 72.0 cm³/mol. The third-order valence-corrected chi connectivity index (χ3v) is 2.64. The summed E-state index contributed by atoms with van der Waals surface area (Å²) >= 11 is 0. The van der Waals surface area contributed by atoms with E-state index in [1.54, 1.807) is 11.0 Å². The van der Waals surface area contributed by atoms with Crippen LogP contribution in [0.15, 0.2) is 12.3 Å². The molecule has 7 heteroatoms. The number of hydrogen-bond acceptors (Lipinski definition) is 6. The summed E-state index contributed by atoms with van der Waals surface area (Å²) in [5.41, 5.74) is -0.482. The van der Waals surface area contributed by atoms with Gasteiger partial charge in [-0.1, -0.05) is 0 Å². The van der Waals surface area contributed by atoms with E-state index in [1.165, 1.54) is 6.20 Å². The van der Waals surface area contributed by atoms with Gasteiger partial charge in [-0.05, 0) is 26.8 Å². The summed E-state index contributed by atoms with van der Waals surface area (Å²) in [6, 6.07) is 3.69. The van der Waals surface area contributed by atoms with Crippen molar-refractivity contribution < 1.29 is 9.53 Å². The van der Waals surface area contributed by atoms with Gasteiger partial charge in [0.05, 0.1) is 6.04 Å². The number of likely N-dealkylation sites (tertiary alicyclic amines) is 1. The first kappa shape index (κ1) is 14.1. The Labute approximate surface area is 117 Å². The number of rotatable bonds is 2. The Morgan fingerprint density at radius 2 is 2.25 bits per heavy atom. The number of ether oxygens (including phenoxy) is 1. The second-order valence-electron chi connectivity index (χ2n) is 5.60. The third kappa shape index (κ3) is 3.57. The fourth-order valence-electron chi connectivity index (χ4n) is 1.75. The van der Waals surface area contributed by atoms with E-state index in [0.29, 0.717) is 18.9 Å². The molecule has 1 amide bonds. The zero-order valence-corrected chi connectivity index (χ0v) is 11.8. The van der Waals surface area contributed by atoms with E-state index < -0.39 is 5.60 Å². The van der Waals surface area contributed by atoms with Gasteiger partial charge in [-0.2, -0.15) is 5.26 Å². The second-order valence-corrected chi connectivity index (χ2v) is 5.60. The molecule has 0 unspecified atom stereocenters. The highest BCUT2D eigenvalue weighted by atomic mass is 16.6. The fraction of sp³-hybridized carbons (Fsp3) is 0.538. The van der Waals surface area contributed by atoms with Crippen LogP contribution in [0.3, 0.4) is 0 Å². The summed E-state index contributed by atoms with van der Waals surface area (Å²) in [6.45, 7) is 6.63. The lowest BCUT2D eigenvalue weighted by molar-refractivity contribution is 0.0104. The number of anilines is 1. The molecule has 0 spiro atoms. The molecular weight excluding hydrogens is 258 g/mol. The summed E-state index contributed by atoms with van der Waals surface area (Å²) in [6.07, 6.45) is 1.22. The molecular formula is C13H17N5O2. The van der Waals surface area contributed by atoms with E-state index in [1.807, 2.05) is 26.8 Å². The van der Waals surface area contributed by atoms with Crippen molar-refractivity contribution in [2.45, 2.75) is 32.4 Å². The fourth-order valence-corrected chi connectivity index (χ4v) is 1.75. The lowest BCUT2D eigenvalue weighted by atomic mass is 10.1. The standard InChI is InChI=1S/C13H17N5O2/c1-13(2,3)20-12(19)18-7-9(8-18)16-10-4-5-15-11(6-14)17-10/h4-5,9H,7-8H2,1-3H3,(H,15,16,17). The molecule has 1 saturated heterocycles. The van der Waals surface area contributed by atoms with Crippen molar-refractivity contribution in [3.8, 4) is 6.07 Å². The normalized spacial score (nSPS) is 15.2. The lowest BCUT2D eigenvalue weighted by Gasteiger charge is -2.40. The zero-order valence-electron chi connectivity index (χ0n) is 11.8. The Hall–Kier alpha value is -2.36. The smallest absolute Gasteiger partial charge is 0.410 e. The molecule has 1 aliphatic rings. The third-order valence-electron chi connectivity index (χ3n) is 2.64. The monoisotopic (exact) mass is 275 g/mol. The van der Waals surface area contributed by atoms with Gasteiger partial charge in [-0.15, -0.1) is 0 Å². The Morgan fingerprint density at radius 1 is 1.55 bits per heavy atom. The van der Waals surface area contributed by atoms with E-state index in [4.69, 9.17) is 10.00 Å². The van der Waals surface area contributed by atoms with Crippen molar-refractivity contribution in [3.05, 3.63) is 18.1 Å². The van der Waals surface area contributed by atoms with Gasteiger partial charge in [0.25, 0.3) is 0 Å². The molecule has 106 valence electrons. The largest absolute Gasteiger partial charge is 0.444 e. The van der Waals surface area contributed by atoms with Gasteiger partial charge in [0, 0.05) is 19.3 Å². The summed E-state index contributed by atoms with van der Waals surface area (Å²) in [7, 11) is 0. The molecule has 0 bridgehead atoms. The molecule has 1 aliphatic heterocycles. The number of amides is 1. The van der Waals surface area contributed by atoms with Gasteiger partial charge in [-0.3, -0.25) is 0 Å². The van der Waals surface area contributed by atoms with Gasteiger partial charge in [0.1, 0.15) is 17.5 Å². The number of carbonyl (C=O) groups is 1. The molecule has 7 nitrogen and oxygen atoms in total. The van der Waals surface area contributed by atoms with Crippen molar-refractivity contribution in [1.29, 1.82) is 5.26 Å². The highest BCUT2D eigenvalue weighted by molar-refractivity contribution is 5.69. The maximum atomic E-state index is 11.7. The molecule has 0 atom stereocenters. The van der Waals surface area contributed by atoms with Crippen molar-refractivity contribution in [2.75, 3.05) is 18.4 Å². The van der Waals surface area contributed by atoms with Crippen LogP contribution in [0.5, 0.6) is 0 Å². The number of aromatic nitrogens is 2. The van der Waals surface area contributed by atoms with Crippen LogP contribution >= 0.6 is 0 Å². The van der Waals surface area contributed by atoms with Crippen molar-refractivity contribution in [3.63, 3.8) is 0 Å². The first-order chi connectivity index (χ1) is 9.37. The van der Waals surface area contributed by atoms with Gasteiger partial charge >= 0.3 is 6.09 Å². The van der Waals surface area contributed by atoms with Crippen LogP contribution in [-0.4, -0.2) is 45.7 Å². The molecule has 1 aromatic heterocycles. The Balaban J connectivity index is 1.82. The second kappa shape index (κ2) is 5.33. The minimum absolute atomic E-state index is 0.115. The average molecular weight is 275 g/mol. The Morgan fingerprint density at radius 3 is 2.85 bits per heavy atom. The molecule has 0 radical (unpaired) electrons. The van der Waals surface area contributed by atoms with Gasteiger partial charge < -0.3 is 15.0 Å². The number of nitriles is 1. The lowest BCUT2D eigenvalue weighted by Crippen LogP contribution is -2.58. The van der Waals surface area contributed by atoms with Gasteiger partial charge in [-0.25, -0.2) is 14.8 Å². The Bertz CT molecular complexity index is 540. The molecule has 2 heterocycles. The van der Waals surface area contributed by atoms with Crippen LogP contribution in [0, 0.1) is 11.3 Å². The van der Waals surface area contributed by atoms with E-state index in [2.05, 4.69) is 15.3 Å².